The largest absolute Gasteiger partial charge is 0.394 e. The summed E-state index contributed by atoms with van der Waals surface area (Å²) in [7, 11) is 0. The Kier molecular flexibility index (Phi) is 4.58. The Bertz CT molecular complexity index is 199. The molecule has 0 radical (unpaired) electrons. The molecule has 1 saturated heterocycles. The van der Waals surface area contributed by atoms with E-state index in [1.807, 2.05) is 0 Å². The van der Waals surface area contributed by atoms with E-state index in [1.54, 1.807) is 0 Å². The van der Waals surface area contributed by atoms with E-state index in [0.717, 1.165) is 32.2 Å². The summed E-state index contributed by atoms with van der Waals surface area (Å²) in [6, 6.07) is 0.824. The van der Waals surface area contributed by atoms with Gasteiger partial charge in [0.25, 0.3) is 0 Å². The maximum absolute atomic E-state index is 9.38. The van der Waals surface area contributed by atoms with E-state index >= 15 is 0 Å². The third kappa shape index (κ3) is 3.17. The molecule has 1 unspecified atom stereocenters. The van der Waals surface area contributed by atoms with Gasteiger partial charge in [0.2, 0.25) is 0 Å². The summed E-state index contributed by atoms with van der Waals surface area (Å²) < 4.78 is 0. The maximum Gasteiger partial charge on any atom is 0.0897 e. The Morgan fingerprint density at radius 2 is 1.69 bits per heavy atom. The van der Waals surface area contributed by atoms with Gasteiger partial charge in [0.15, 0.2) is 0 Å². The van der Waals surface area contributed by atoms with Crippen LogP contribution in [-0.2, 0) is 0 Å². The standard InChI is InChI=1S/C12H24N2O2/c15-10-12(16)9-13-5-7-14(8-6-13)11-3-1-2-4-11/h11-12,15-16H,1-10H2. The van der Waals surface area contributed by atoms with Crippen molar-refractivity contribution in [2.24, 2.45) is 0 Å². The number of β-amino-alcohol motifs (C(OH)–C–C–N with tert-alkyl or cyclic N) is 1. The molecule has 4 nitrogen and oxygen atoms in total. The molecule has 94 valence electrons. The summed E-state index contributed by atoms with van der Waals surface area (Å²) in [5.41, 5.74) is 0. The van der Waals surface area contributed by atoms with Crippen molar-refractivity contribution < 1.29 is 10.2 Å². The minimum atomic E-state index is -0.571. The highest BCUT2D eigenvalue weighted by atomic mass is 16.3. The van der Waals surface area contributed by atoms with Gasteiger partial charge in [0.05, 0.1) is 12.7 Å². The molecule has 2 aliphatic rings. The van der Waals surface area contributed by atoms with Gasteiger partial charge in [0.1, 0.15) is 0 Å². The minimum Gasteiger partial charge on any atom is -0.394 e. The Balaban J connectivity index is 1.69. The molecule has 16 heavy (non-hydrogen) atoms. The SMILES string of the molecule is OCC(O)CN1CCN(C2CCCC2)CC1. The van der Waals surface area contributed by atoms with Gasteiger partial charge in [-0.3, -0.25) is 9.80 Å². The Hall–Kier alpha value is -0.160. The molecule has 1 heterocycles. The summed E-state index contributed by atoms with van der Waals surface area (Å²) in [5.74, 6) is 0. The van der Waals surface area contributed by atoms with Crippen LogP contribution in [0.4, 0.5) is 0 Å². The van der Waals surface area contributed by atoms with E-state index in [1.165, 1.54) is 25.7 Å². The van der Waals surface area contributed by atoms with Crippen LogP contribution >= 0.6 is 0 Å². The van der Waals surface area contributed by atoms with E-state index in [4.69, 9.17) is 5.11 Å². The Labute approximate surface area is 97.9 Å². The van der Waals surface area contributed by atoms with E-state index in [0.29, 0.717) is 6.54 Å². The van der Waals surface area contributed by atoms with Crippen LogP contribution in [-0.4, -0.2) is 71.5 Å². The number of hydrogen-bond acceptors (Lipinski definition) is 4. The smallest absolute Gasteiger partial charge is 0.0897 e. The molecule has 0 bridgehead atoms. The van der Waals surface area contributed by atoms with Crippen LogP contribution in [0.25, 0.3) is 0 Å². The molecule has 2 rings (SSSR count). The Morgan fingerprint density at radius 1 is 1.06 bits per heavy atom. The second-order valence-corrected chi connectivity index (χ2v) is 5.11. The molecule has 0 amide bonds. The summed E-state index contributed by atoms with van der Waals surface area (Å²) in [5, 5.41) is 18.2. The lowest BCUT2D eigenvalue weighted by Crippen LogP contribution is -2.51. The van der Waals surface area contributed by atoms with Crippen molar-refractivity contribution in [2.75, 3.05) is 39.3 Å². The van der Waals surface area contributed by atoms with E-state index in [9.17, 15) is 5.11 Å². The summed E-state index contributed by atoms with van der Waals surface area (Å²) in [6.45, 7) is 4.82. The first-order valence-electron chi connectivity index (χ1n) is 6.55. The number of rotatable bonds is 4. The molecule has 0 aromatic heterocycles. The molecule has 1 aliphatic heterocycles. The lowest BCUT2D eigenvalue weighted by Gasteiger charge is -2.38. The van der Waals surface area contributed by atoms with Crippen LogP contribution in [0.3, 0.4) is 0 Å². The quantitative estimate of drug-likeness (QED) is 0.705. The maximum atomic E-state index is 9.38. The minimum absolute atomic E-state index is 0.122. The van der Waals surface area contributed by atoms with Crippen molar-refractivity contribution in [3.8, 4) is 0 Å². The normalized spacial score (nSPS) is 27.4. The van der Waals surface area contributed by atoms with E-state index < -0.39 is 6.10 Å². The topological polar surface area (TPSA) is 46.9 Å². The first-order valence-corrected chi connectivity index (χ1v) is 6.55. The molecular weight excluding hydrogens is 204 g/mol. The van der Waals surface area contributed by atoms with Crippen molar-refractivity contribution in [3.63, 3.8) is 0 Å². The number of hydrogen-bond donors (Lipinski definition) is 2. The molecule has 1 saturated carbocycles. The molecule has 0 aromatic carbocycles. The Morgan fingerprint density at radius 3 is 2.25 bits per heavy atom. The van der Waals surface area contributed by atoms with Crippen LogP contribution in [0.5, 0.6) is 0 Å². The summed E-state index contributed by atoms with van der Waals surface area (Å²) in [6.07, 6.45) is 4.97. The molecule has 4 heteroatoms. The molecule has 0 spiro atoms. The fourth-order valence-corrected chi connectivity index (χ4v) is 2.94. The zero-order valence-corrected chi connectivity index (χ0v) is 10.0. The van der Waals surface area contributed by atoms with Crippen LogP contribution in [0.2, 0.25) is 0 Å². The van der Waals surface area contributed by atoms with E-state index in [-0.39, 0.29) is 6.61 Å². The second-order valence-electron chi connectivity index (χ2n) is 5.11. The highest BCUT2D eigenvalue weighted by Gasteiger charge is 2.26. The van der Waals surface area contributed by atoms with Crippen LogP contribution in [0.15, 0.2) is 0 Å². The fraction of sp³-hybridized carbons (Fsp3) is 1.00. The lowest BCUT2D eigenvalue weighted by molar-refractivity contribution is 0.0316. The summed E-state index contributed by atoms with van der Waals surface area (Å²) in [4.78, 5) is 4.86. The highest BCUT2D eigenvalue weighted by Crippen LogP contribution is 2.24. The number of nitrogens with zero attached hydrogens (tertiary/aromatic N) is 2. The van der Waals surface area contributed by atoms with Gasteiger partial charge in [-0.2, -0.15) is 0 Å². The number of aliphatic hydroxyl groups is 2. The zero-order valence-electron chi connectivity index (χ0n) is 10.0. The summed E-state index contributed by atoms with van der Waals surface area (Å²) >= 11 is 0. The molecule has 0 aromatic rings. The van der Waals surface area contributed by atoms with E-state index in [2.05, 4.69) is 9.80 Å². The average molecular weight is 228 g/mol. The van der Waals surface area contributed by atoms with Gasteiger partial charge in [-0.25, -0.2) is 0 Å². The zero-order chi connectivity index (χ0) is 11.4. The molecule has 1 atom stereocenters. The average Bonchev–Trinajstić information content (AvgIpc) is 2.83. The van der Waals surface area contributed by atoms with Crippen LogP contribution in [0.1, 0.15) is 25.7 Å². The van der Waals surface area contributed by atoms with Gasteiger partial charge in [-0.1, -0.05) is 12.8 Å². The molecule has 1 aliphatic carbocycles. The monoisotopic (exact) mass is 228 g/mol. The number of piperazine rings is 1. The molecular formula is C12H24N2O2. The third-order valence-electron chi connectivity index (χ3n) is 3.93. The van der Waals surface area contributed by atoms with Crippen molar-refractivity contribution in [1.82, 2.24) is 9.80 Å². The van der Waals surface area contributed by atoms with Crippen molar-refractivity contribution >= 4 is 0 Å². The molecule has 2 N–H and O–H groups in total. The first-order chi connectivity index (χ1) is 7.79. The molecule has 2 fully saturated rings. The fourth-order valence-electron chi connectivity index (χ4n) is 2.94. The van der Waals surface area contributed by atoms with Crippen LogP contribution in [0, 0.1) is 0 Å². The van der Waals surface area contributed by atoms with Gasteiger partial charge >= 0.3 is 0 Å². The van der Waals surface area contributed by atoms with Crippen molar-refractivity contribution in [1.29, 1.82) is 0 Å². The predicted octanol–water partition coefficient (Wildman–Crippen LogP) is -0.100. The van der Waals surface area contributed by atoms with Crippen molar-refractivity contribution in [3.05, 3.63) is 0 Å². The van der Waals surface area contributed by atoms with Crippen LogP contribution < -0.4 is 0 Å². The predicted molar refractivity (Wildman–Crippen MR) is 63.4 cm³/mol. The lowest BCUT2D eigenvalue weighted by atomic mass is 10.1. The first kappa shape index (κ1) is 12.3. The van der Waals surface area contributed by atoms with Gasteiger partial charge in [0, 0.05) is 38.8 Å². The van der Waals surface area contributed by atoms with Crippen molar-refractivity contribution in [2.45, 2.75) is 37.8 Å². The van der Waals surface area contributed by atoms with Gasteiger partial charge < -0.3 is 10.2 Å². The third-order valence-corrected chi connectivity index (χ3v) is 3.93. The van der Waals surface area contributed by atoms with Gasteiger partial charge in [-0.05, 0) is 12.8 Å². The number of aliphatic hydroxyl groups excluding tert-OH is 2. The van der Waals surface area contributed by atoms with Gasteiger partial charge in [-0.15, -0.1) is 0 Å². The second kappa shape index (κ2) is 5.96. The highest BCUT2D eigenvalue weighted by molar-refractivity contribution is 4.82.